The van der Waals surface area contributed by atoms with Crippen molar-refractivity contribution >= 4 is 22.6 Å². The highest BCUT2D eigenvalue weighted by molar-refractivity contribution is 6.10. The molecule has 0 bridgehead atoms. The van der Waals surface area contributed by atoms with Crippen LogP contribution in [0.2, 0.25) is 0 Å². The third-order valence-corrected chi connectivity index (χ3v) is 6.91. The van der Waals surface area contributed by atoms with Gasteiger partial charge in [-0.3, -0.25) is 14.5 Å². The predicted molar refractivity (Wildman–Crippen MR) is 139 cm³/mol. The van der Waals surface area contributed by atoms with E-state index in [1.807, 2.05) is 56.3 Å². The number of amides is 1. The molecule has 1 aromatic heterocycles. The van der Waals surface area contributed by atoms with Crippen LogP contribution in [0.15, 0.2) is 69.9 Å². The Morgan fingerprint density at radius 3 is 2.26 bits per heavy atom. The molecule has 5 nitrogen and oxygen atoms in total. The molecule has 0 aliphatic carbocycles. The van der Waals surface area contributed by atoms with Crippen molar-refractivity contribution in [1.82, 2.24) is 0 Å². The lowest BCUT2D eigenvalue weighted by Crippen LogP contribution is -2.29. The van der Waals surface area contributed by atoms with E-state index in [2.05, 4.69) is 32.9 Å². The molecule has 0 saturated carbocycles. The summed E-state index contributed by atoms with van der Waals surface area (Å²) < 4.78 is 11.6. The average Bonchev–Trinajstić information content (AvgIpc) is 3.12. The molecule has 1 amide bonds. The van der Waals surface area contributed by atoms with Crippen molar-refractivity contribution in [3.05, 3.63) is 104 Å². The molecule has 1 unspecified atom stereocenters. The Hall–Kier alpha value is -3.86. The van der Waals surface area contributed by atoms with Gasteiger partial charge in [-0.1, -0.05) is 51.1 Å². The van der Waals surface area contributed by atoms with Crippen LogP contribution >= 0.6 is 0 Å². The second-order valence-corrected chi connectivity index (χ2v) is 10.3. The van der Waals surface area contributed by atoms with E-state index in [0.29, 0.717) is 28.0 Å². The fourth-order valence-electron chi connectivity index (χ4n) is 4.74. The number of methoxy groups -OCH3 is 1. The van der Waals surface area contributed by atoms with Crippen LogP contribution in [0.3, 0.4) is 0 Å². The minimum Gasteiger partial charge on any atom is -0.497 e. The van der Waals surface area contributed by atoms with Crippen LogP contribution in [-0.2, 0) is 5.41 Å². The van der Waals surface area contributed by atoms with E-state index in [1.165, 1.54) is 5.56 Å². The van der Waals surface area contributed by atoms with Crippen molar-refractivity contribution in [2.45, 2.75) is 46.1 Å². The van der Waals surface area contributed by atoms with Crippen LogP contribution in [0, 0.1) is 13.8 Å². The molecule has 2 heterocycles. The molecule has 1 aliphatic rings. The standard InChI is InChI=1S/C30H29NO4/c1-17-14-23-24(15-18(17)2)35-28-25(27(23)32)26(19-10-12-20(13-11-19)30(3,4)5)31(29(28)33)21-8-7-9-22(16-21)34-6/h7-16,26H,1-6H3. The number of benzene rings is 3. The summed E-state index contributed by atoms with van der Waals surface area (Å²) >= 11 is 0. The number of carbonyl (C=O) groups is 1. The maximum Gasteiger partial charge on any atom is 0.295 e. The van der Waals surface area contributed by atoms with Crippen molar-refractivity contribution in [3.63, 3.8) is 0 Å². The van der Waals surface area contributed by atoms with Gasteiger partial charge in [-0.2, -0.15) is 0 Å². The van der Waals surface area contributed by atoms with E-state index in [9.17, 15) is 9.59 Å². The zero-order chi connectivity index (χ0) is 25.1. The summed E-state index contributed by atoms with van der Waals surface area (Å²) in [6.07, 6.45) is 0. The van der Waals surface area contributed by atoms with Crippen molar-refractivity contribution < 1.29 is 13.9 Å². The smallest absolute Gasteiger partial charge is 0.295 e. The van der Waals surface area contributed by atoms with Gasteiger partial charge < -0.3 is 9.15 Å². The summed E-state index contributed by atoms with van der Waals surface area (Å²) in [4.78, 5) is 29.3. The number of anilines is 1. The third kappa shape index (κ3) is 3.72. The fourth-order valence-corrected chi connectivity index (χ4v) is 4.74. The largest absolute Gasteiger partial charge is 0.497 e. The predicted octanol–water partition coefficient (Wildman–Crippen LogP) is 6.47. The highest BCUT2D eigenvalue weighted by Gasteiger charge is 2.43. The van der Waals surface area contributed by atoms with Crippen LogP contribution in [0.5, 0.6) is 5.75 Å². The van der Waals surface area contributed by atoms with Crippen molar-refractivity contribution in [3.8, 4) is 5.75 Å². The van der Waals surface area contributed by atoms with Gasteiger partial charge in [0.25, 0.3) is 5.91 Å². The Morgan fingerprint density at radius 2 is 1.60 bits per heavy atom. The summed E-state index contributed by atoms with van der Waals surface area (Å²) in [5, 5.41) is 0.489. The lowest BCUT2D eigenvalue weighted by Gasteiger charge is -2.26. The minimum atomic E-state index is -0.610. The van der Waals surface area contributed by atoms with E-state index in [1.54, 1.807) is 18.1 Å². The average molecular weight is 468 g/mol. The van der Waals surface area contributed by atoms with Crippen LogP contribution in [-0.4, -0.2) is 13.0 Å². The second-order valence-electron chi connectivity index (χ2n) is 10.3. The van der Waals surface area contributed by atoms with Gasteiger partial charge in [-0.05, 0) is 65.8 Å². The summed E-state index contributed by atoms with van der Waals surface area (Å²) in [5.74, 6) is 0.387. The zero-order valence-corrected chi connectivity index (χ0v) is 20.9. The first-order valence-corrected chi connectivity index (χ1v) is 11.8. The maximum atomic E-state index is 13.9. The Balaban J connectivity index is 1.78. The molecule has 0 saturated heterocycles. The molecule has 3 aromatic carbocycles. The van der Waals surface area contributed by atoms with Gasteiger partial charge in [0.05, 0.1) is 24.1 Å². The Kier molecular flexibility index (Phi) is 5.32. The van der Waals surface area contributed by atoms with Gasteiger partial charge in [0.1, 0.15) is 11.3 Å². The summed E-state index contributed by atoms with van der Waals surface area (Å²) in [5.41, 5.74) is 5.29. The normalized spacial score (nSPS) is 15.5. The summed E-state index contributed by atoms with van der Waals surface area (Å²) in [6, 6.07) is 18.5. The van der Waals surface area contributed by atoms with Gasteiger partial charge in [0.15, 0.2) is 5.43 Å². The Bertz CT molecular complexity index is 1520. The minimum absolute atomic E-state index is 0.0148. The zero-order valence-electron chi connectivity index (χ0n) is 20.9. The number of fused-ring (bicyclic) bond motifs is 2. The molecule has 0 radical (unpaired) electrons. The SMILES string of the molecule is COc1cccc(N2C(=O)c3oc4cc(C)c(C)cc4c(=O)c3C2c2ccc(C(C)(C)C)cc2)c1. The number of rotatable bonds is 3. The van der Waals surface area contributed by atoms with Gasteiger partial charge in [-0.15, -0.1) is 0 Å². The quantitative estimate of drug-likeness (QED) is 0.347. The molecular formula is C30H29NO4. The summed E-state index contributed by atoms with van der Waals surface area (Å²) in [6.45, 7) is 10.4. The molecule has 5 rings (SSSR count). The second kappa shape index (κ2) is 8.12. The van der Waals surface area contributed by atoms with Crippen molar-refractivity contribution in [2.24, 2.45) is 0 Å². The first kappa shape index (κ1) is 22.9. The van der Waals surface area contributed by atoms with Gasteiger partial charge in [0, 0.05) is 11.8 Å². The van der Waals surface area contributed by atoms with E-state index < -0.39 is 6.04 Å². The first-order chi connectivity index (χ1) is 16.6. The summed E-state index contributed by atoms with van der Waals surface area (Å²) in [7, 11) is 1.59. The van der Waals surface area contributed by atoms with Crippen LogP contribution < -0.4 is 15.1 Å². The molecule has 0 N–H and O–H groups in total. The Morgan fingerprint density at radius 1 is 0.914 bits per heavy atom. The Labute approximate surface area is 205 Å². The molecule has 0 spiro atoms. The van der Waals surface area contributed by atoms with Gasteiger partial charge in [0.2, 0.25) is 5.76 Å². The molecule has 1 atom stereocenters. The van der Waals surface area contributed by atoms with E-state index in [4.69, 9.17) is 9.15 Å². The van der Waals surface area contributed by atoms with E-state index in [-0.39, 0.29) is 22.5 Å². The number of ether oxygens (including phenoxy) is 1. The fraction of sp³-hybridized carbons (Fsp3) is 0.267. The molecule has 1 aliphatic heterocycles. The molecule has 0 fully saturated rings. The lowest BCUT2D eigenvalue weighted by atomic mass is 9.85. The molecule has 178 valence electrons. The van der Waals surface area contributed by atoms with Crippen LogP contribution in [0.25, 0.3) is 11.0 Å². The van der Waals surface area contributed by atoms with Crippen molar-refractivity contribution in [1.29, 1.82) is 0 Å². The number of hydrogen-bond acceptors (Lipinski definition) is 4. The van der Waals surface area contributed by atoms with Gasteiger partial charge >= 0.3 is 0 Å². The van der Waals surface area contributed by atoms with Crippen molar-refractivity contribution in [2.75, 3.05) is 12.0 Å². The maximum absolute atomic E-state index is 13.9. The molecule has 5 heteroatoms. The first-order valence-electron chi connectivity index (χ1n) is 11.8. The molecule has 4 aromatic rings. The number of aryl methyl sites for hydroxylation is 2. The van der Waals surface area contributed by atoms with Gasteiger partial charge in [-0.25, -0.2) is 0 Å². The highest BCUT2D eigenvalue weighted by atomic mass is 16.5. The third-order valence-electron chi connectivity index (χ3n) is 6.91. The van der Waals surface area contributed by atoms with E-state index in [0.717, 1.165) is 16.7 Å². The van der Waals surface area contributed by atoms with Crippen LogP contribution in [0.1, 0.15) is 65.2 Å². The lowest BCUT2D eigenvalue weighted by molar-refractivity contribution is 0.0971. The molecule has 35 heavy (non-hydrogen) atoms. The van der Waals surface area contributed by atoms with Crippen LogP contribution in [0.4, 0.5) is 5.69 Å². The number of carbonyl (C=O) groups excluding carboxylic acids is 1. The highest BCUT2D eigenvalue weighted by Crippen LogP contribution is 2.42. The topological polar surface area (TPSA) is 59.8 Å². The number of hydrogen-bond donors (Lipinski definition) is 0. The molecular weight excluding hydrogens is 438 g/mol. The number of nitrogens with zero attached hydrogens (tertiary/aromatic N) is 1. The van der Waals surface area contributed by atoms with E-state index >= 15 is 0 Å². The monoisotopic (exact) mass is 467 g/mol.